The molecule has 0 radical (unpaired) electrons. The topological polar surface area (TPSA) is 77.0 Å². The van der Waals surface area contributed by atoms with Crippen LogP contribution in [0, 0.1) is 5.41 Å². The van der Waals surface area contributed by atoms with E-state index < -0.39 is 23.3 Å². The summed E-state index contributed by atoms with van der Waals surface area (Å²) in [6.07, 6.45) is -4.46. The van der Waals surface area contributed by atoms with E-state index in [-0.39, 0.29) is 16.1 Å². The van der Waals surface area contributed by atoms with Crippen LogP contribution in [0.5, 0.6) is 0 Å². The number of rotatable bonds is 1. The smallest absolute Gasteiger partial charge is 0.333 e. The molecular weight excluding hydrogens is 365 g/mol. The molecule has 1 rings (SSSR count). The zero-order chi connectivity index (χ0) is 17.1. The lowest BCUT2D eigenvalue weighted by molar-refractivity contribution is -0.138. The summed E-state index contributed by atoms with van der Waals surface area (Å²) >= 11 is 2.83. The molecule has 4 N–H and O–H groups in total. The van der Waals surface area contributed by atoms with Gasteiger partial charge in [-0.25, -0.2) is 4.79 Å². The van der Waals surface area contributed by atoms with Crippen LogP contribution in [0.1, 0.15) is 26.3 Å². The maximum absolute atomic E-state index is 12.6. The van der Waals surface area contributed by atoms with E-state index in [1.54, 1.807) is 20.8 Å². The molecule has 0 spiro atoms. The van der Waals surface area contributed by atoms with Crippen LogP contribution in [0.4, 0.5) is 23.7 Å². The minimum absolute atomic E-state index is 0.156. The van der Waals surface area contributed by atoms with E-state index in [9.17, 15) is 18.0 Å². The number of hydrogen-bond donors (Lipinski definition) is 4. The van der Waals surface area contributed by atoms with Crippen LogP contribution in [0.2, 0.25) is 0 Å². The number of guanidine groups is 1. The zero-order valence-corrected chi connectivity index (χ0v) is 13.7. The first-order valence-corrected chi connectivity index (χ1v) is 6.99. The molecule has 9 heteroatoms. The fourth-order valence-electron chi connectivity index (χ4n) is 1.48. The molecule has 5 nitrogen and oxygen atoms in total. The van der Waals surface area contributed by atoms with Crippen LogP contribution >= 0.6 is 15.9 Å². The molecule has 1 aromatic rings. The van der Waals surface area contributed by atoms with Crippen LogP contribution in [-0.4, -0.2) is 17.5 Å². The van der Waals surface area contributed by atoms with Gasteiger partial charge in [0.25, 0.3) is 0 Å². The Morgan fingerprint density at radius 3 is 2.27 bits per heavy atom. The number of anilines is 1. The van der Waals surface area contributed by atoms with E-state index in [0.717, 1.165) is 6.07 Å². The fourth-order valence-corrected chi connectivity index (χ4v) is 2.09. The van der Waals surface area contributed by atoms with E-state index in [1.165, 1.54) is 12.1 Å². The van der Waals surface area contributed by atoms with Crippen molar-refractivity contribution in [3.63, 3.8) is 0 Å². The van der Waals surface area contributed by atoms with Crippen molar-refractivity contribution in [1.82, 2.24) is 10.6 Å². The monoisotopic (exact) mass is 380 g/mol. The van der Waals surface area contributed by atoms with Crippen molar-refractivity contribution in [3.8, 4) is 0 Å². The summed E-state index contributed by atoms with van der Waals surface area (Å²) < 4.78 is 37.7. The van der Waals surface area contributed by atoms with Gasteiger partial charge in [-0.2, -0.15) is 13.2 Å². The highest BCUT2D eigenvalue weighted by molar-refractivity contribution is 9.10. The second-order valence-electron chi connectivity index (χ2n) is 5.52. The molecule has 1 aromatic carbocycles. The average molecular weight is 381 g/mol. The quantitative estimate of drug-likeness (QED) is 0.440. The van der Waals surface area contributed by atoms with Gasteiger partial charge < -0.3 is 10.6 Å². The van der Waals surface area contributed by atoms with E-state index in [2.05, 4.69) is 31.9 Å². The van der Waals surface area contributed by atoms with E-state index in [1.807, 2.05) is 0 Å². The molecular formula is C13H16BrF3N4O. The highest BCUT2D eigenvalue weighted by Gasteiger charge is 2.32. The van der Waals surface area contributed by atoms with Crippen LogP contribution in [-0.2, 0) is 6.18 Å². The average Bonchev–Trinajstić information content (AvgIpc) is 2.23. The molecule has 0 saturated heterocycles. The minimum atomic E-state index is -4.46. The Bertz CT molecular complexity index is 582. The third-order valence-electron chi connectivity index (χ3n) is 2.27. The van der Waals surface area contributed by atoms with Crippen molar-refractivity contribution < 1.29 is 18.0 Å². The lowest BCUT2D eigenvalue weighted by Gasteiger charge is -2.21. The highest BCUT2D eigenvalue weighted by Crippen LogP contribution is 2.35. The first-order chi connectivity index (χ1) is 9.88. The van der Waals surface area contributed by atoms with Crippen molar-refractivity contribution in [2.45, 2.75) is 32.5 Å². The molecule has 0 saturated carbocycles. The second kappa shape index (κ2) is 6.55. The Morgan fingerprint density at radius 1 is 1.23 bits per heavy atom. The maximum Gasteiger partial charge on any atom is 0.417 e. The van der Waals surface area contributed by atoms with Crippen molar-refractivity contribution in [1.29, 1.82) is 5.41 Å². The molecule has 0 aromatic heterocycles. The van der Waals surface area contributed by atoms with Crippen molar-refractivity contribution in [3.05, 3.63) is 28.2 Å². The summed E-state index contributed by atoms with van der Waals surface area (Å²) in [6.45, 7) is 5.32. The summed E-state index contributed by atoms with van der Waals surface area (Å²) in [5, 5.41) is 14.9. The SMILES string of the molecule is CC(C)(C)NC(=O)NC(=N)Nc1ccc(C(F)(F)F)c(Br)c1. The number of urea groups is 1. The Hall–Kier alpha value is -1.77. The van der Waals surface area contributed by atoms with Gasteiger partial charge in [0.1, 0.15) is 0 Å². The molecule has 2 amide bonds. The van der Waals surface area contributed by atoms with Crippen LogP contribution in [0.3, 0.4) is 0 Å². The first kappa shape index (κ1) is 18.3. The maximum atomic E-state index is 12.6. The van der Waals surface area contributed by atoms with Gasteiger partial charge in [0.05, 0.1) is 5.56 Å². The van der Waals surface area contributed by atoms with Gasteiger partial charge in [-0.05, 0) is 39.0 Å². The molecule has 0 bridgehead atoms. The Morgan fingerprint density at radius 2 is 1.82 bits per heavy atom. The first-order valence-electron chi connectivity index (χ1n) is 6.20. The Kier molecular flexibility index (Phi) is 5.44. The molecule has 0 fully saturated rings. The number of carbonyl (C=O) groups excluding carboxylic acids is 1. The summed E-state index contributed by atoms with van der Waals surface area (Å²) in [5.41, 5.74) is -1.05. The number of benzene rings is 1. The molecule has 122 valence electrons. The molecule has 0 aliphatic heterocycles. The number of nitrogens with one attached hydrogen (secondary N) is 4. The van der Waals surface area contributed by atoms with Crippen molar-refractivity contribution in [2.75, 3.05) is 5.32 Å². The van der Waals surface area contributed by atoms with Crippen LogP contribution < -0.4 is 16.0 Å². The summed E-state index contributed by atoms with van der Waals surface area (Å²) in [4.78, 5) is 11.6. The minimum Gasteiger partial charge on any atom is -0.333 e. The van der Waals surface area contributed by atoms with Gasteiger partial charge >= 0.3 is 12.2 Å². The van der Waals surface area contributed by atoms with E-state index >= 15 is 0 Å². The van der Waals surface area contributed by atoms with E-state index in [4.69, 9.17) is 5.41 Å². The molecule has 0 aliphatic carbocycles. The van der Waals surface area contributed by atoms with Crippen LogP contribution in [0.15, 0.2) is 22.7 Å². The predicted molar refractivity (Wildman–Crippen MR) is 81.9 cm³/mol. The standard InChI is InChI=1S/C13H16BrF3N4O/c1-12(2,3)21-11(22)20-10(18)19-7-4-5-8(9(14)6-7)13(15,16)17/h4-6H,1-3H3,(H4,18,19,20,21,22). The number of amides is 2. The number of carbonyl (C=O) groups is 1. The van der Waals surface area contributed by atoms with Crippen molar-refractivity contribution in [2.24, 2.45) is 0 Å². The van der Waals surface area contributed by atoms with Crippen LogP contribution in [0.25, 0.3) is 0 Å². The van der Waals surface area contributed by atoms with Gasteiger partial charge in [0.2, 0.25) is 5.96 Å². The Labute approximate surface area is 134 Å². The summed E-state index contributed by atoms with van der Waals surface area (Å²) in [7, 11) is 0. The fraction of sp³-hybridized carbons (Fsp3) is 0.385. The normalized spacial score (nSPS) is 11.8. The Balaban J connectivity index is 2.70. The lowest BCUT2D eigenvalue weighted by Crippen LogP contribution is -2.49. The predicted octanol–water partition coefficient (Wildman–Crippen LogP) is 3.91. The number of alkyl halides is 3. The van der Waals surface area contributed by atoms with Gasteiger partial charge in [-0.15, -0.1) is 0 Å². The molecule has 0 unspecified atom stereocenters. The largest absolute Gasteiger partial charge is 0.417 e. The summed E-state index contributed by atoms with van der Waals surface area (Å²) in [5.74, 6) is -0.353. The van der Waals surface area contributed by atoms with E-state index in [0.29, 0.717) is 0 Å². The molecule has 0 atom stereocenters. The number of halogens is 4. The lowest BCUT2D eigenvalue weighted by atomic mass is 10.1. The third-order valence-corrected chi connectivity index (χ3v) is 2.93. The van der Waals surface area contributed by atoms with Gasteiger partial charge in [0.15, 0.2) is 0 Å². The van der Waals surface area contributed by atoms with Crippen molar-refractivity contribution >= 4 is 33.6 Å². The highest BCUT2D eigenvalue weighted by atomic mass is 79.9. The second-order valence-corrected chi connectivity index (χ2v) is 6.38. The van der Waals surface area contributed by atoms with Gasteiger partial charge in [-0.3, -0.25) is 10.7 Å². The summed E-state index contributed by atoms with van der Waals surface area (Å²) in [6, 6.07) is 2.65. The molecule has 22 heavy (non-hydrogen) atoms. The van der Waals surface area contributed by atoms with Gasteiger partial charge in [0, 0.05) is 15.7 Å². The number of hydrogen-bond acceptors (Lipinski definition) is 2. The van der Waals surface area contributed by atoms with Gasteiger partial charge in [-0.1, -0.05) is 15.9 Å². The zero-order valence-electron chi connectivity index (χ0n) is 12.2. The third kappa shape index (κ3) is 5.92. The molecule has 0 heterocycles. The molecule has 0 aliphatic rings.